The number of benzene rings is 3. The Morgan fingerprint density at radius 1 is 1.10 bits per heavy atom. The van der Waals surface area contributed by atoms with Crippen molar-refractivity contribution in [2.24, 2.45) is 4.99 Å². The van der Waals surface area contributed by atoms with E-state index in [1.54, 1.807) is 10.6 Å². The molecule has 12 heteroatoms. The number of fused-ring (bicyclic) bond motifs is 2. The number of rotatable bonds is 8. The highest BCUT2D eigenvalue weighted by Gasteiger charge is 2.28. The highest BCUT2D eigenvalue weighted by atomic mass is 32.2. The van der Waals surface area contributed by atoms with Crippen LogP contribution in [0.25, 0.3) is 10.2 Å². The molecule has 3 aromatic carbocycles. The average Bonchev–Trinajstić information content (AvgIpc) is 3.28. The van der Waals surface area contributed by atoms with Crippen molar-refractivity contribution < 1.29 is 22.9 Å². The summed E-state index contributed by atoms with van der Waals surface area (Å²) in [4.78, 5) is 28.6. The number of nitrogens with zero attached hydrogens (tertiary/aromatic N) is 4. The summed E-state index contributed by atoms with van der Waals surface area (Å²) < 4.78 is 35.9. The van der Waals surface area contributed by atoms with Crippen LogP contribution < -0.4 is 4.80 Å². The van der Waals surface area contributed by atoms with Gasteiger partial charge in [-0.1, -0.05) is 35.6 Å². The molecule has 202 valence electrons. The van der Waals surface area contributed by atoms with Crippen LogP contribution in [0, 0.1) is 10.1 Å². The fraction of sp³-hybridized carbons (Fsp3) is 0.259. The second-order valence-electron chi connectivity index (χ2n) is 8.94. The van der Waals surface area contributed by atoms with E-state index >= 15 is 0 Å². The molecule has 0 saturated heterocycles. The number of thiazole rings is 1. The van der Waals surface area contributed by atoms with Gasteiger partial charge in [0.1, 0.15) is 0 Å². The first-order valence-electron chi connectivity index (χ1n) is 12.4. The maximum atomic E-state index is 13.3. The van der Waals surface area contributed by atoms with E-state index in [4.69, 9.17) is 4.74 Å². The van der Waals surface area contributed by atoms with Gasteiger partial charge in [-0.05, 0) is 54.8 Å². The summed E-state index contributed by atoms with van der Waals surface area (Å²) in [6.07, 6.45) is 0.645. The minimum absolute atomic E-state index is 0.0485. The van der Waals surface area contributed by atoms with Crippen molar-refractivity contribution in [3.63, 3.8) is 0 Å². The van der Waals surface area contributed by atoms with Crippen LogP contribution in [0.5, 0.6) is 0 Å². The van der Waals surface area contributed by atoms with E-state index in [0.29, 0.717) is 54.3 Å². The van der Waals surface area contributed by atoms with Gasteiger partial charge < -0.3 is 9.30 Å². The summed E-state index contributed by atoms with van der Waals surface area (Å²) in [6, 6.07) is 18.1. The third kappa shape index (κ3) is 5.55. The molecule has 0 unspecified atom stereocenters. The maximum absolute atomic E-state index is 13.3. The van der Waals surface area contributed by atoms with Gasteiger partial charge in [0.15, 0.2) is 4.80 Å². The van der Waals surface area contributed by atoms with E-state index in [0.717, 1.165) is 11.1 Å². The first kappa shape index (κ1) is 26.9. The molecule has 0 N–H and O–H groups in total. The number of non-ortho nitro benzene ring substituents is 1. The molecule has 1 aliphatic rings. The van der Waals surface area contributed by atoms with Crippen LogP contribution in [0.4, 0.5) is 5.69 Å². The Labute approximate surface area is 229 Å². The number of aromatic nitrogens is 1. The zero-order valence-electron chi connectivity index (χ0n) is 21.1. The Hall–Kier alpha value is -3.71. The molecule has 2 heterocycles. The van der Waals surface area contributed by atoms with Crippen molar-refractivity contribution in [2.75, 3.05) is 19.8 Å². The molecule has 4 aromatic rings. The molecular weight excluding hydrogens is 540 g/mol. The van der Waals surface area contributed by atoms with E-state index in [-0.39, 0.29) is 16.1 Å². The minimum atomic E-state index is -3.73. The molecule has 1 aromatic heterocycles. The molecule has 1 amide bonds. The second-order valence-corrected chi connectivity index (χ2v) is 11.9. The zero-order valence-corrected chi connectivity index (χ0v) is 22.8. The standard InChI is InChI=1S/C27H26N4O6S2/c1-2-37-16-15-30-24-12-9-22(31(33)34)17-25(24)38-27(30)28-26(32)20-7-10-23(11-8-20)39(35,36)29-14-13-19-5-3-4-6-21(19)18-29/h3-12,17H,2,13-16,18H2,1H3. The highest BCUT2D eigenvalue weighted by Crippen LogP contribution is 2.26. The maximum Gasteiger partial charge on any atom is 0.279 e. The smallest absolute Gasteiger partial charge is 0.279 e. The van der Waals surface area contributed by atoms with Crippen LogP contribution in [-0.4, -0.2) is 47.9 Å². The van der Waals surface area contributed by atoms with Crippen LogP contribution in [-0.2, 0) is 34.3 Å². The van der Waals surface area contributed by atoms with E-state index in [1.165, 1.54) is 52.0 Å². The summed E-state index contributed by atoms with van der Waals surface area (Å²) >= 11 is 1.17. The fourth-order valence-electron chi connectivity index (χ4n) is 4.52. The van der Waals surface area contributed by atoms with Crippen molar-refractivity contribution in [1.82, 2.24) is 8.87 Å². The Morgan fingerprint density at radius 3 is 2.56 bits per heavy atom. The van der Waals surface area contributed by atoms with Gasteiger partial charge in [0, 0.05) is 43.9 Å². The zero-order chi connectivity index (χ0) is 27.6. The van der Waals surface area contributed by atoms with Crippen molar-refractivity contribution in [3.8, 4) is 0 Å². The molecule has 10 nitrogen and oxygen atoms in total. The lowest BCUT2D eigenvalue weighted by Gasteiger charge is -2.28. The predicted molar refractivity (Wildman–Crippen MR) is 147 cm³/mol. The number of amides is 1. The first-order valence-corrected chi connectivity index (χ1v) is 14.6. The van der Waals surface area contributed by atoms with Crippen molar-refractivity contribution in [3.05, 3.63) is 98.3 Å². The average molecular weight is 567 g/mol. The largest absolute Gasteiger partial charge is 0.380 e. The van der Waals surface area contributed by atoms with E-state index in [1.807, 2.05) is 31.2 Å². The SMILES string of the molecule is CCOCCn1c(=NC(=O)c2ccc(S(=O)(=O)N3CCc4ccccc4C3)cc2)sc2cc([N+](=O)[O-])ccc21. The van der Waals surface area contributed by atoms with E-state index < -0.39 is 20.9 Å². The third-order valence-corrected chi connectivity index (χ3v) is 9.47. The molecule has 0 fully saturated rings. The van der Waals surface area contributed by atoms with Crippen LogP contribution in [0.2, 0.25) is 0 Å². The highest BCUT2D eigenvalue weighted by molar-refractivity contribution is 7.89. The van der Waals surface area contributed by atoms with Crippen molar-refractivity contribution in [1.29, 1.82) is 0 Å². The number of ether oxygens (including phenoxy) is 1. The molecule has 5 rings (SSSR count). The third-order valence-electron chi connectivity index (χ3n) is 6.57. The molecule has 39 heavy (non-hydrogen) atoms. The summed E-state index contributed by atoms with van der Waals surface area (Å²) in [5.74, 6) is -0.544. The summed E-state index contributed by atoms with van der Waals surface area (Å²) in [6.45, 7) is 3.89. The lowest BCUT2D eigenvalue weighted by molar-refractivity contribution is -0.384. The number of nitro benzene ring substituents is 1. The van der Waals surface area contributed by atoms with Gasteiger partial charge in [-0.2, -0.15) is 9.30 Å². The second kappa shape index (κ2) is 11.2. The molecule has 0 aliphatic carbocycles. The van der Waals surface area contributed by atoms with Gasteiger partial charge in [-0.25, -0.2) is 8.42 Å². The van der Waals surface area contributed by atoms with Crippen LogP contribution in [0.15, 0.2) is 76.6 Å². The molecule has 1 aliphatic heterocycles. The topological polar surface area (TPSA) is 124 Å². The van der Waals surface area contributed by atoms with Gasteiger partial charge in [0.25, 0.3) is 11.6 Å². The number of carbonyl (C=O) groups excluding carboxylic acids is 1. The fourth-order valence-corrected chi connectivity index (χ4v) is 7.03. The molecule has 0 spiro atoms. The number of carbonyl (C=O) groups is 1. The summed E-state index contributed by atoms with van der Waals surface area (Å²) in [5.41, 5.74) is 3.04. The Kier molecular flexibility index (Phi) is 7.71. The number of nitro groups is 1. The molecule has 0 bridgehead atoms. The summed E-state index contributed by atoms with van der Waals surface area (Å²) in [5, 5.41) is 11.2. The van der Waals surface area contributed by atoms with Crippen LogP contribution in [0.1, 0.15) is 28.4 Å². The van der Waals surface area contributed by atoms with Crippen molar-refractivity contribution in [2.45, 2.75) is 31.3 Å². The lowest BCUT2D eigenvalue weighted by Crippen LogP contribution is -2.35. The number of sulfonamides is 1. The van der Waals surface area contributed by atoms with Gasteiger partial charge in [-0.3, -0.25) is 14.9 Å². The van der Waals surface area contributed by atoms with Gasteiger partial charge >= 0.3 is 0 Å². The first-order chi connectivity index (χ1) is 18.8. The van der Waals surface area contributed by atoms with E-state index in [9.17, 15) is 23.3 Å². The van der Waals surface area contributed by atoms with Crippen molar-refractivity contribution >= 4 is 43.2 Å². The molecule has 0 saturated carbocycles. The Balaban J connectivity index is 1.42. The monoisotopic (exact) mass is 566 g/mol. The van der Waals surface area contributed by atoms with E-state index in [2.05, 4.69) is 4.99 Å². The van der Waals surface area contributed by atoms with Crippen LogP contribution in [0.3, 0.4) is 0 Å². The molecular formula is C27H26N4O6S2. The van der Waals surface area contributed by atoms with Crippen LogP contribution >= 0.6 is 11.3 Å². The van der Waals surface area contributed by atoms with Gasteiger partial charge in [0.2, 0.25) is 10.0 Å². The Bertz CT molecular complexity index is 1730. The summed E-state index contributed by atoms with van der Waals surface area (Å²) in [7, 11) is -3.73. The number of hydrogen-bond donors (Lipinski definition) is 0. The molecule has 0 atom stereocenters. The normalized spacial score (nSPS) is 14.4. The van der Waals surface area contributed by atoms with Gasteiger partial charge in [-0.15, -0.1) is 0 Å². The predicted octanol–water partition coefficient (Wildman–Crippen LogP) is 4.14. The minimum Gasteiger partial charge on any atom is -0.380 e. The number of hydrogen-bond acceptors (Lipinski definition) is 7. The quantitative estimate of drug-likeness (QED) is 0.179. The molecule has 0 radical (unpaired) electrons. The van der Waals surface area contributed by atoms with Gasteiger partial charge in [0.05, 0.1) is 26.6 Å². The lowest BCUT2D eigenvalue weighted by atomic mass is 10.0. The Morgan fingerprint density at radius 2 is 1.85 bits per heavy atom.